The molecule has 0 saturated carbocycles. The van der Waals surface area contributed by atoms with Gasteiger partial charge in [0.1, 0.15) is 29.2 Å². The standard InChI is InChI=1S/C23H19N5O4/c1-13-20(23(29)27-16-5-3-4-6-17(16)30-2)21(28-22(26-13)15(10-24)11-25-28)14-7-8-18-19(9-14)32-12-31-18/h3-9,11,21,26H,12H2,1-2H3,(H,27,29)/t21-/m0/s1. The maximum Gasteiger partial charge on any atom is 0.255 e. The van der Waals surface area contributed by atoms with Crippen molar-refractivity contribution in [2.75, 3.05) is 24.5 Å². The molecule has 9 heteroatoms. The summed E-state index contributed by atoms with van der Waals surface area (Å²) in [6, 6.07) is 14.2. The second-order valence-corrected chi connectivity index (χ2v) is 7.30. The molecule has 3 heterocycles. The van der Waals surface area contributed by atoms with Crippen molar-refractivity contribution in [1.82, 2.24) is 9.78 Å². The van der Waals surface area contributed by atoms with Crippen LogP contribution in [0.15, 0.2) is 59.9 Å². The highest BCUT2D eigenvalue weighted by atomic mass is 16.7. The Morgan fingerprint density at radius 1 is 1.28 bits per heavy atom. The lowest BCUT2D eigenvalue weighted by Crippen LogP contribution is -2.31. The van der Waals surface area contributed by atoms with Crippen molar-refractivity contribution in [1.29, 1.82) is 5.26 Å². The number of ether oxygens (including phenoxy) is 3. The second-order valence-electron chi connectivity index (χ2n) is 7.30. The average molecular weight is 429 g/mol. The lowest BCUT2D eigenvalue weighted by atomic mass is 9.94. The van der Waals surface area contributed by atoms with E-state index in [0.29, 0.717) is 45.6 Å². The van der Waals surface area contributed by atoms with Crippen LogP contribution >= 0.6 is 0 Å². The summed E-state index contributed by atoms with van der Waals surface area (Å²) in [5.74, 6) is 2.00. The van der Waals surface area contributed by atoms with E-state index in [9.17, 15) is 10.1 Å². The Hall–Kier alpha value is -4.45. The quantitative estimate of drug-likeness (QED) is 0.654. The number of nitrogens with one attached hydrogen (secondary N) is 2. The summed E-state index contributed by atoms with van der Waals surface area (Å²) in [6.45, 7) is 1.95. The number of anilines is 2. The van der Waals surface area contributed by atoms with Crippen molar-refractivity contribution in [3.8, 4) is 23.3 Å². The smallest absolute Gasteiger partial charge is 0.255 e. The fourth-order valence-corrected chi connectivity index (χ4v) is 3.96. The minimum absolute atomic E-state index is 0.145. The van der Waals surface area contributed by atoms with Crippen LogP contribution in [0.4, 0.5) is 11.5 Å². The van der Waals surface area contributed by atoms with Crippen LogP contribution in [0, 0.1) is 11.3 Å². The normalized spacial score (nSPS) is 16.1. The van der Waals surface area contributed by atoms with E-state index in [4.69, 9.17) is 14.2 Å². The molecule has 2 aliphatic rings. The second kappa shape index (κ2) is 7.67. The van der Waals surface area contributed by atoms with Gasteiger partial charge in [-0.1, -0.05) is 18.2 Å². The third kappa shape index (κ3) is 3.09. The van der Waals surface area contributed by atoms with Gasteiger partial charge in [0.25, 0.3) is 5.91 Å². The molecule has 2 aliphatic heterocycles. The number of allylic oxidation sites excluding steroid dienone is 1. The number of nitrogens with zero attached hydrogens (tertiary/aromatic N) is 3. The molecule has 1 amide bonds. The van der Waals surface area contributed by atoms with Gasteiger partial charge in [0.05, 0.1) is 24.6 Å². The summed E-state index contributed by atoms with van der Waals surface area (Å²) in [5, 5.41) is 20.0. The summed E-state index contributed by atoms with van der Waals surface area (Å²) in [4.78, 5) is 13.5. The van der Waals surface area contributed by atoms with Gasteiger partial charge < -0.3 is 24.8 Å². The molecule has 5 rings (SSSR count). The van der Waals surface area contributed by atoms with Gasteiger partial charge >= 0.3 is 0 Å². The third-order valence-electron chi connectivity index (χ3n) is 5.46. The Morgan fingerprint density at radius 3 is 2.91 bits per heavy atom. The number of hydrogen-bond donors (Lipinski definition) is 2. The molecule has 0 unspecified atom stereocenters. The number of hydrogen-bond acceptors (Lipinski definition) is 7. The van der Waals surface area contributed by atoms with E-state index < -0.39 is 6.04 Å². The average Bonchev–Trinajstić information content (AvgIpc) is 3.44. The SMILES string of the molecule is COc1ccccc1NC(=O)C1=C(C)Nc2c(C#N)cnn2[C@H]1c1ccc2c(c1)OCO2. The van der Waals surface area contributed by atoms with E-state index in [1.165, 1.54) is 6.20 Å². The minimum Gasteiger partial charge on any atom is -0.495 e. The molecule has 1 atom stereocenters. The highest BCUT2D eigenvalue weighted by Crippen LogP contribution is 2.41. The largest absolute Gasteiger partial charge is 0.495 e. The van der Waals surface area contributed by atoms with Gasteiger partial charge in [-0.3, -0.25) is 4.79 Å². The number of fused-ring (bicyclic) bond motifs is 2. The van der Waals surface area contributed by atoms with Crippen LogP contribution in [0.2, 0.25) is 0 Å². The molecule has 1 aromatic heterocycles. The fraction of sp³-hybridized carbons (Fsp3) is 0.174. The molecule has 2 aromatic carbocycles. The molecule has 0 fully saturated rings. The summed E-state index contributed by atoms with van der Waals surface area (Å²) in [6.07, 6.45) is 1.48. The zero-order valence-corrected chi connectivity index (χ0v) is 17.4. The summed E-state index contributed by atoms with van der Waals surface area (Å²) < 4.78 is 18.0. The monoisotopic (exact) mass is 429 g/mol. The first-order chi connectivity index (χ1) is 15.6. The maximum absolute atomic E-state index is 13.5. The predicted molar refractivity (Wildman–Crippen MR) is 116 cm³/mol. The Labute approximate surface area is 183 Å². The van der Waals surface area contributed by atoms with Crippen molar-refractivity contribution in [3.05, 3.63) is 71.1 Å². The molecule has 0 aliphatic carbocycles. The number of carbonyl (C=O) groups is 1. The van der Waals surface area contributed by atoms with Crippen LogP contribution in [0.25, 0.3) is 0 Å². The van der Waals surface area contributed by atoms with Gasteiger partial charge in [0.15, 0.2) is 11.5 Å². The first-order valence-electron chi connectivity index (χ1n) is 9.90. The maximum atomic E-state index is 13.5. The zero-order valence-electron chi connectivity index (χ0n) is 17.4. The number of nitriles is 1. The van der Waals surface area contributed by atoms with E-state index in [1.807, 2.05) is 24.3 Å². The molecule has 0 radical (unpaired) electrons. The van der Waals surface area contributed by atoms with Gasteiger partial charge in [-0.25, -0.2) is 4.68 Å². The van der Waals surface area contributed by atoms with Crippen molar-refractivity contribution in [2.45, 2.75) is 13.0 Å². The van der Waals surface area contributed by atoms with E-state index in [1.54, 1.807) is 36.9 Å². The number of benzene rings is 2. The Balaban J connectivity index is 1.61. The Morgan fingerprint density at radius 2 is 2.09 bits per heavy atom. The predicted octanol–water partition coefficient (Wildman–Crippen LogP) is 3.42. The molecular weight excluding hydrogens is 410 g/mol. The number of carbonyl (C=O) groups excluding carboxylic acids is 1. The van der Waals surface area contributed by atoms with Gasteiger partial charge in [-0.2, -0.15) is 10.4 Å². The first kappa shape index (κ1) is 19.5. The van der Waals surface area contributed by atoms with Gasteiger partial charge in [0, 0.05) is 5.70 Å². The third-order valence-corrected chi connectivity index (χ3v) is 5.46. The van der Waals surface area contributed by atoms with Gasteiger partial charge in [0.2, 0.25) is 6.79 Å². The van der Waals surface area contributed by atoms with Crippen molar-refractivity contribution in [2.24, 2.45) is 0 Å². The van der Waals surface area contributed by atoms with E-state index in [-0.39, 0.29) is 12.7 Å². The lowest BCUT2D eigenvalue weighted by Gasteiger charge is -2.30. The summed E-state index contributed by atoms with van der Waals surface area (Å²) in [5.41, 5.74) is 2.78. The van der Waals surface area contributed by atoms with Crippen molar-refractivity contribution < 1.29 is 19.0 Å². The molecule has 0 bridgehead atoms. The van der Waals surface area contributed by atoms with Crippen molar-refractivity contribution in [3.63, 3.8) is 0 Å². The number of aromatic nitrogens is 2. The van der Waals surface area contributed by atoms with E-state index in [2.05, 4.69) is 21.8 Å². The first-order valence-corrected chi connectivity index (χ1v) is 9.90. The molecule has 32 heavy (non-hydrogen) atoms. The lowest BCUT2D eigenvalue weighted by molar-refractivity contribution is -0.113. The summed E-state index contributed by atoms with van der Waals surface area (Å²) in [7, 11) is 1.55. The molecule has 160 valence electrons. The van der Waals surface area contributed by atoms with Gasteiger partial charge in [-0.15, -0.1) is 0 Å². The number of para-hydroxylation sites is 2. The van der Waals surface area contributed by atoms with Gasteiger partial charge in [-0.05, 0) is 36.8 Å². The molecule has 0 spiro atoms. The number of amides is 1. The van der Waals surface area contributed by atoms with E-state index in [0.717, 1.165) is 5.56 Å². The molecule has 9 nitrogen and oxygen atoms in total. The Bertz CT molecular complexity index is 1300. The highest BCUT2D eigenvalue weighted by Gasteiger charge is 2.35. The minimum atomic E-state index is -0.586. The van der Waals surface area contributed by atoms with Crippen LogP contribution in [0.3, 0.4) is 0 Å². The van der Waals surface area contributed by atoms with Crippen LogP contribution in [-0.4, -0.2) is 29.6 Å². The Kier molecular flexibility index (Phi) is 4.67. The molecule has 2 N–H and O–H groups in total. The highest BCUT2D eigenvalue weighted by molar-refractivity contribution is 6.06. The summed E-state index contributed by atoms with van der Waals surface area (Å²) >= 11 is 0. The zero-order chi connectivity index (χ0) is 22.2. The van der Waals surface area contributed by atoms with Crippen LogP contribution in [0.1, 0.15) is 24.1 Å². The van der Waals surface area contributed by atoms with Crippen LogP contribution in [0.5, 0.6) is 17.2 Å². The van der Waals surface area contributed by atoms with E-state index >= 15 is 0 Å². The molecular formula is C23H19N5O4. The topological polar surface area (TPSA) is 110 Å². The molecule has 0 saturated heterocycles. The van der Waals surface area contributed by atoms with Crippen molar-refractivity contribution >= 4 is 17.4 Å². The molecule has 3 aromatic rings. The van der Waals surface area contributed by atoms with Crippen LogP contribution < -0.4 is 24.8 Å². The number of methoxy groups -OCH3 is 1. The van der Waals surface area contributed by atoms with Crippen LogP contribution in [-0.2, 0) is 4.79 Å². The number of rotatable bonds is 4. The fourth-order valence-electron chi connectivity index (χ4n) is 3.96.